The summed E-state index contributed by atoms with van der Waals surface area (Å²) in [4.78, 5) is 0.500. The van der Waals surface area contributed by atoms with Gasteiger partial charge >= 0.3 is 0 Å². The molecule has 2 nitrogen and oxygen atoms in total. The second kappa shape index (κ2) is 4.27. The molecule has 1 aromatic carbocycles. The van der Waals surface area contributed by atoms with Crippen molar-refractivity contribution < 1.29 is 8.78 Å². The van der Waals surface area contributed by atoms with Crippen molar-refractivity contribution in [2.45, 2.75) is 10.7 Å². The molecule has 5 heteroatoms. The lowest BCUT2D eigenvalue weighted by Gasteiger charge is -2.02. The van der Waals surface area contributed by atoms with Crippen LogP contribution in [0.4, 0.5) is 14.5 Å². The topological polar surface area (TPSA) is 38.0 Å². The van der Waals surface area contributed by atoms with E-state index in [0.717, 1.165) is 0 Å². The van der Waals surface area contributed by atoms with E-state index in [1.165, 1.54) is 0 Å². The highest BCUT2D eigenvalue weighted by atomic mass is 32.2. The Balaban J connectivity index is 2.72. The van der Waals surface area contributed by atoms with Crippen molar-refractivity contribution in [1.29, 1.82) is 0 Å². The number of nitrogens with two attached hydrogens (primary N) is 1. The van der Waals surface area contributed by atoms with Crippen LogP contribution in [0.1, 0.15) is 0 Å². The summed E-state index contributed by atoms with van der Waals surface area (Å²) in [6.07, 6.45) is 0. The van der Waals surface area contributed by atoms with Crippen LogP contribution in [0.2, 0.25) is 0 Å². The van der Waals surface area contributed by atoms with Crippen LogP contribution in [0.15, 0.2) is 29.2 Å². The molecule has 0 radical (unpaired) electrons. The molecule has 12 heavy (non-hydrogen) atoms. The van der Waals surface area contributed by atoms with Crippen molar-refractivity contribution in [3.05, 3.63) is 24.3 Å². The first-order valence-corrected chi connectivity index (χ1v) is 4.12. The van der Waals surface area contributed by atoms with E-state index in [0.29, 0.717) is 22.3 Å². The van der Waals surface area contributed by atoms with Gasteiger partial charge in [0.25, 0.3) is 5.76 Å². The zero-order valence-corrected chi connectivity index (χ0v) is 6.94. The lowest BCUT2D eigenvalue weighted by atomic mass is 10.3. The highest BCUT2D eigenvalue weighted by Gasteiger charge is 2.04. The molecule has 0 unspecified atom stereocenters. The van der Waals surface area contributed by atoms with Crippen LogP contribution in [0.25, 0.3) is 0 Å². The van der Waals surface area contributed by atoms with Gasteiger partial charge in [-0.1, -0.05) is 17.8 Å². The van der Waals surface area contributed by atoms with E-state index < -0.39 is 5.76 Å². The predicted octanol–water partition coefficient (Wildman–Crippen LogP) is 2.29. The molecule has 0 spiro atoms. The highest BCUT2D eigenvalue weighted by molar-refractivity contribution is 7.99. The molecule has 0 atom stereocenters. The Bertz CT molecular complexity index is 255. The number of hydrogen-bond acceptors (Lipinski definition) is 3. The average Bonchev–Trinajstić information content (AvgIpc) is 2.03. The van der Waals surface area contributed by atoms with Gasteiger partial charge < -0.3 is 5.43 Å². The number of benzene rings is 1. The molecule has 1 aromatic rings. The van der Waals surface area contributed by atoms with Gasteiger partial charge in [-0.2, -0.15) is 8.78 Å². The third kappa shape index (κ3) is 2.67. The van der Waals surface area contributed by atoms with Gasteiger partial charge in [0.2, 0.25) is 0 Å². The van der Waals surface area contributed by atoms with E-state index in [-0.39, 0.29) is 0 Å². The Morgan fingerprint density at radius 3 is 2.75 bits per heavy atom. The maximum atomic E-state index is 11.9. The first-order valence-electron chi connectivity index (χ1n) is 3.24. The second-order valence-corrected chi connectivity index (χ2v) is 3.11. The molecule has 1 rings (SSSR count). The molecular formula is C7H8F2N2S. The highest BCUT2D eigenvalue weighted by Crippen LogP contribution is 2.26. The molecule has 0 saturated heterocycles. The lowest BCUT2D eigenvalue weighted by Crippen LogP contribution is -2.06. The summed E-state index contributed by atoms with van der Waals surface area (Å²) in [6, 6.07) is 6.55. The normalized spacial score (nSPS) is 10.3. The van der Waals surface area contributed by atoms with E-state index >= 15 is 0 Å². The summed E-state index contributed by atoms with van der Waals surface area (Å²) in [5.41, 5.74) is 3.01. The van der Waals surface area contributed by atoms with Gasteiger partial charge in [0.15, 0.2) is 0 Å². The Hall–Kier alpha value is -0.810. The Morgan fingerprint density at radius 1 is 1.42 bits per heavy atom. The molecule has 0 saturated carbocycles. The molecule has 0 aromatic heterocycles. The van der Waals surface area contributed by atoms with Crippen molar-refractivity contribution in [1.82, 2.24) is 0 Å². The minimum absolute atomic E-state index is 0.499. The van der Waals surface area contributed by atoms with Gasteiger partial charge in [0.1, 0.15) is 0 Å². The molecule has 66 valence electrons. The van der Waals surface area contributed by atoms with Gasteiger partial charge in [-0.05, 0) is 18.2 Å². The number of nitrogen functional groups attached to an aromatic ring is 1. The minimum Gasteiger partial charge on any atom is -0.324 e. The van der Waals surface area contributed by atoms with E-state index in [1.807, 2.05) is 0 Å². The molecular weight excluding hydrogens is 182 g/mol. The number of thioether (sulfide) groups is 1. The maximum absolute atomic E-state index is 11.9. The molecule has 0 amide bonds. The standard InChI is InChI=1S/C7H8F2N2S/c8-7(9)12-6-3-1-2-5(4-6)11-10/h1-4,7,11H,10H2. The predicted molar refractivity (Wildman–Crippen MR) is 46.1 cm³/mol. The van der Waals surface area contributed by atoms with Gasteiger partial charge in [0, 0.05) is 10.6 Å². The number of anilines is 1. The second-order valence-electron chi connectivity index (χ2n) is 2.05. The molecule has 0 heterocycles. The third-order valence-electron chi connectivity index (χ3n) is 1.23. The monoisotopic (exact) mass is 190 g/mol. The number of nitrogens with one attached hydrogen (secondary N) is 1. The molecule has 0 fully saturated rings. The quantitative estimate of drug-likeness (QED) is 0.436. The molecule has 3 N–H and O–H groups in total. The van der Waals surface area contributed by atoms with Crippen molar-refractivity contribution in [3.63, 3.8) is 0 Å². The first-order chi connectivity index (χ1) is 5.72. The summed E-state index contributed by atoms with van der Waals surface area (Å²) < 4.78 is 23.7. The SMILES string of the molecule is NNc1cccc(SC(F)F)c1. The van der Waals surface area contributed by atoms with Crippen LogP contribution < -0.4 is 11.3 Å². The lowest BCUT2D eigenvalue weighted by molar-refractivity contribution is 0.252. The van der Waals surface area contributed by atoms with Gasteiger partial charge in [0.05, 0.1) is 0 Å². The van der Waals surface area contributed by atoms with Crippen LogP contribution >= 0.6 is 11.8 Å². The van der Waals surface area contributed by atoms with Crippen molar-refractivity contribution >= 4 is 17.4 Å². The number of alkyl halides is 2. The van der Waals surface area contributed by atoms with E-state index in [1.54, 1.807) is 24.3 Å². The largest absolute Gasteiger partial charge is 0.324 e. The summed E-state index contributed by atoms with van der Waals surface area (Å²) in [6.45, 7) is 0. The van der Waals surface area contributed by atoms with Crippen molar-refractivity contribution in [2.75, 3.05) is 5.43 Å². The number of halogens is 2. The third-order valence-corrected chi connectivity index (χ3v) is 1.93. The molecule has 0 aliphatic heterocycles. The molecule has 0 bridgehead atoms. The number of hydrogen-bond donors (Lipinski definition) is 2. The smallest absolute Gasteiger partial charge is 0.288 e. The first kappa shape index (κ1) is 9.28. The average molecular weight is 190 g/mol. The van der Waals surface area contributed by atoms with Crippen LogP contribution in [-0.2, 0) is 0 Å². The molecule has 0 aliphatic carbocycles. The fraction of sp³-hybridized carbons (Fsp3) is 0.143. The molecule has 0 aliphatic rings. The zero-order chi connectivity index (χ0) is 8.97. The van der Waals surface area contributed by atoms with Crippen LogP contribution in [0, 0.1) is 0 Å². The van der Waals surface area contributed by atoms with Crippen molar-refractivity contribution in [2.24, 2.45) is 5.84 Å². The fourth-order valence-corrected chi connectivity index (χ4v) is 1.32. The van der Waals surface area contributed by atoms with Gasteiger partial charge in [-0.15, -0.1) is 0 Å². The fourth-order valence-electron chi connectivity index (χ4n) is 0.762. The van der Waals surface area contributed by atoms with Crippen LogP contribution in [-0.4, -0.2) is 5.76 Å². The summed E-state index contributed by atoms with van der Waals surface area (Å²) in [5.74, 6) is 2.71. The van der Waals surface area contributed by atoms with E-state index in [4.69, 9.17) is 5.84 Å². The number of rotatable bonds is 3. The van der Waals surface area contributed by atoms with E-state index in [2.05, 4.69) is 5.43 Å². The van der Waals surface area contributed by atoms with Gasteiger partial charge in [-0.3, -0.25) is 5.84 Å². The summed E-state index contributed by atoms with van der Waals surface area (Å²) in [7, 11) is 0. The zero-order valence-electron chi connectivity index (χ0n) is 6.13. The maximum Gasteiger partial charge on any atom is 0.288 e. The van der Waals surface area contributed by atoms with Gasteiger partial charge in [-0.25, -0.2) is 0 Å². The number of hydrazine groups is 1. The van der Waals surface area contributed by atoms with Crippen LogP contribution in [0.5, 0.6) is 0 Å². The van der Waals surface area contributed by atoms with E-state index in [9.17, 15) is 8.78 Å². The summed E-state index contributed by atoms with van der Waals surface area (Å²) >= 11 is 0.499. The van der Waals surface area contributed by atoms with Crippen molar-refractivity contribution in [3.8, 4) is 0 Å². The van der Waals surface area contributed by atoms with Crippen LogP contribution in [0.3, 0.4) is 0 Å². The minimum atomic E-state index is -2.39. The Morgan fingerprint density at radius 2 is 2.17 bits per heavy atom. The Labute approximate surface area is 73.1 Å². The summed E-state index contributed by atoms with van der Waals surface area (Å²) in [5, 5.41) is 0. The Kier molecular flexibility index (Phi) is 3.31.